The number of hydrogen-bond donors (Lipinski definition) is 0. The first kappa shape index (κ1) is 24.3. The van der Waals surface area contributed by atoms with Crippen LogP contribution in [0.25, 0.3) is 0 Å². The summed E-state index contributed by atoms with van der Waals surface area (Å²) in [5.74, 6) is 0.723. The highest BCUT2D eigenvalue weighted by Gasteiger charge is 2.39. The standard InChI is InChI=1S/C18H31NO8Si/c1-6-25-28(26-7-2,27-8-3)11-9-10-24-14-15-12-17(22-4)18(23-5)13-16(15)19(20)21/h12-13H,6-11,14H2,1-5H3. The van der Waals surface area contributed by atoms with E-state index >= 15 is 0 Å². The number of nitrogens with zero attached hydrogens (tertiary/aromatic N) is 1. The molecule has 0 radical (unpaired) electrons. The van der Waals surface area contributed by atoms with E-state index in [1.807, 2.05) is 20.8 Å². The fourth-order valence-electron chi connectivity index (χ4n) is 2.77. The Labute approximate surface area is 167 Å². The average Bonchev–Trinajstić information content (AvgIpc) is 2.67. The van der Waals surface area contributed by atoms with Gasteiger partial charge in [-0.1, -0.05) is 0 Å². The maximum atomic E-state index is 11.3. The van der Waals surface area contributed by atoms with E-state index in [2.05, 4.69) is 0 Å². The molecule has 0 atom stereocenters. The predicted octanol–water partition coefficient (Wildman–Crippen LogP) is 3.57. The second-order valence-electron chi connectivity index (χ2n) is 5.73. The molecule has 1 aromatic rings. The third kappa shape index (κ3) is 7.02. The lowest BCUT2D eigenvalue weighted by molar-refractivity contribution is -0.386. The molecule has 0 unspecified atom stereocenters. The van der Waals surface area contributed by atoms with E-state index in [0.717, 1.165) is 0 Å². The minimum absolute atomic E-state index is 0.0701. The second kappa shape index (κ2) is 12.7. The first-order chi connectivity index (χ1) is 13.5. The van der Waals surface area contributed by atoms with Crippen molar-refractivity contribution in [2.75, 3.05) is 40.6 Å². The maximum absolute atomic E-state index is 11.3. The highest BCUT2D eigenvalue weighted by Crippen LogP contribution is 2.34. The van der Waals surface area contributed by atoms with E-state index in [0.29, 0.717) is 56.0 Å². The zero-order valence-electron chi connectivity index (χ0n) is 17.3. The Hall–Kier alpha value is -1.72. The second-order valence-corrected chi connectivity index (χ2v) is 8.46. The van der Waals surface area contributed by atoms with E-state index < -0.39 is 13.7 Å². The van der Waals surface area contributed by atoms with Gasteiger partial charge in [0.2, 0.25) is 0 Å². The molecule has 160 valence electrons. The number of benzene rings is 1. The lowest BCUT2D eigenvalue weighted by atomic mass is 10.1. The summed E-state index contributed by atoms with van der Waals surface area (Å²) >= 11 is 0. The third-order valence-corrected chi connectivity index (χ3v) is 7.05. The number of rotatable bonds is 15. The topological polar surface area (TPSA) is 98.5 Å². The minimum atomic E-state index is -2.71. The van der Waals surface area contributed by atoms with Gasteiger partial charge in [-0.25, -0.2) is 0 Å². The number of nitro groups is 1. The Morgan fingerprint density at radius 3 is 1.96 bits per heavy atom. The molecular formula is C18H31NO8Si. The van der Waals surface area contributed by atoms with E-state index in [1.54, 1.807) is 6.07 Å². The zero-order chi connectivity index (χ0) is 21.0. The highest BCUT2D eigenvalue weighted by atomic mass is 28.4. The van der Waals surface area contributed by atoms with Gasteiger partial charge in [0.15, 0.2) is 11.5 Å². The molecule has 1 aromatic carbocycles. The molecule has 0 amide bonds. The molecule has 0 spiro atoms. The smallest absolute Gasteiger partial charge is 0.493 e. The van der Waals surface area contributed by atoms with Crippen LogP contribution in [-0.4, -0.2) is 54.4 Å². The van der Waals surface area contributed by atoms with Crippen molar-refractivity contribution in [2.24, 2.45) is 0 Å². The molecule has 0 heterocycles. The zero-order valence-corrected chi connectivity index (χ0v) is 18.3. The first-order valence-electron chi connectivity index (χ1n) is 9.35. The molecule has 0 saturated carbocycles. The summed E-state index contributed by atoms with van der Waals surface area (Å²) in [6.45, 7) is 7.77. The largest absolute Gasteiger partial charge is 0.501 e. The van der Waals surface area contributed by atoms with Crippen LogP contribution in [0.4, 0.5) is 5.69 Å². The van der Waals surface area contributed by atoms with Crippen LogP contribution < -0.4 is 9.47 Å². The highest BCUT2D eigenvalue weighted by molar-refractivity contribution is 6.60. The van der Waals surface area contributed by atoms with E-state index in [1.165, 1.54) is 20.3 Å². The van der Waals surface area contributed by atoms with Gasteiger partial charge in [-0.2, -0.15) is 0 Å². The summed E-state index contributed by atoms with van der Waals surface area (Å²) in [6, 6.07) is 3.53. The van der Waals surface area contributed by atoms with Crippen molar-refractivity contribution < 1.29 is 32.4 Å². The van der Waals surface area contributed by atoms with E-state index in [4.69, 9.17) is 27.5 Å². The van der Waals surface area contributed by atoms with Crippen molar-refractivity contribution >= 4 is 14.5 Å². The summed E-state index contributed by atoms with van der Waals surface area (Å²) in [5.41, 5.74) is 0.352. The van der Waals surface area contributed by atoms with Crippen molar-refractivity contribution in [3.05, 3.63) is 27.8 Å². The number of hydrogen-bond acceptors (Lipinski definition) is 8. The molecule has 0 fully saturated rings. The van der Waals surface area contributed by atoms with Crippen LogP contribution >= 0.6 is 0 Å². The summed E-state index contributed by atoms with van der Waals surface area (Å²) in [7, 11) is 0.208. The number of ether oxygens (including phenoxy) is 3. The molecule has 10 heteroatoms. The molecule has 0 aliphatic heterocycles. The van der Waals surface area contributed by atoms with Crippen LogP contribution in [0, 0.1) is 10.1 Å². The SMILES string of the molecule is CCO[Si](CCCOCc1cc(OC)c(OC)cc1[N+](=O)[O-])(OCC)OCC. The lowest BCUT2D eigenvalue weighted by Crippen LogP contribution is -2.46. The van der Waals surface area contributed by atoms with Gasteiger partial charge in [0.05, 0.1) is 37.4 Å². The fourth-order valence-corrected chi connectivity index (χ4v) is 5.35. The molecule has 0 saturated heterocycles. The van der Waals surface area contributed by atoms with Crippen LogP contribution in [0.5, 0.6) is 11.5 Å². The van der Waals surface area contributed by atoms with Gasteiger partial charge >= 0.3 is 8.80 Å². The van der Waals surface area contributed by atoms with Gasteiger partial charge in [0.1, 0.15) is 0 Å². The van der Waals surface area contributed by atoms with Crippen molar-refractivity contribution in [1.29, 1.82) is 0 Å². The van der Waals surface area contributed by atoms with Crippen molar-refractivity contribution in [3.63, 3.8) is 0 Å². The maximum Gasteiger partial charge on any atom is 0.501 e. The Bertz CT molecular complexity index is 596. The minimum Gasteiger partial charge on any atom is -0.493 e. The van der Waals surface area contributed by atoms with Crippen molar-refractivity contribution in [3.8, 4) is 11.5 Å². The summed E-state index contributed by atoms with van der Waals surface area (Å²) in [6.07, 6.45) is 0.660. The molecule has 0 aliphatic rings. The van der Waals surface area contributed by atoms with Crippen LogP contribution in [-0.2, 0) is 24.6 Å². The van der Waals surface area contributed by atoms with Gasteiger partial charge in [0.25, 0.3) is 5.69 Å². The molecule has 28 heavy (non-hydrogen) atoms. The average molecular weight is 418 g/mol. The van der Waals surface area contributed by atoms with Gasteiger partial charge in [-0.05, 0) is 33.3 Å². The summed E-state index contributed by atoms with van der Waals surface area (Å²) in [5, 5.41) is 11.3. The fraction of sp³-hybridized carbons (Fsp3) is 0.667. The molecule has 1 rings (SSSR count). The predicted molar refractivity (Wildman–Crippen MR) is 106 cm³/mol. The van der Waals surface area contributed by atoms with Crippen LogP contribution in [0.1, 0.15) is 32.8 Å². The van der Waals surface area contributed by atoms with Crippen LogP contribution in [0.15, 0.2) is 12.1 Å². The van der Waals surface area contributed by atoms with Gasteiger partial charge in [-0.15, -0.1) is 0 Å². The van der Waals surface area contributed by atoms with Gasteiger partial charge in [0, 0.05) is 32.5 Å². The molecular weight excluding hydrogens is 386 g/mol. The Morgan fingerprint density at radius 1 is 0.964 bits per heavy atom. The summed E-state index contributed by atoms with van der Waals surface area (Å²) < 4.78 is 33.4. The van der Waals surface area contributed by atoms with Gasteiger partial charge in [-0.3, -0.25) is 10.1 Å². The third-order valence-electron chi connectivity index (χ3n) is 3.90. The molecule has 0 aliphatic carbocycles. The number of methoxy groups -OCH3 is 2. The monoisotopic (exact) mass is 417 g/mol. The Kier molecular flexibility index (Phi) is 11.0. The summed E-state index contributed by atoms with van der Waals surface area (Å²) in [4.78, 5) is 10.9. The normalized spacial score (nSPS) is 11.5. The molecule has 0 bridgehead atoms. The molecule has 0 N–H and O–H groups in total. The van der Waals surface area contributed by atoms with Gasteiger partial charge < -0.3 is 27.5 Å². The molecule has 9 nitrogen and oxygen atoms in total. The van der Waals surface area contributed by atoms with Crippen molar-refractivity contribution in [2.45, 2.75) is 39.8 Å². The Balaban J connectivity index is 2.71. The lowest BCUT2D eigenvalue weighted by Gasteiger charge is -2.28. The van der Waals surface area contributed by atoms with Crippen LogP contribution in [0.3, 0.4) is 0 Å². The van der Waals surface area contributed by atoms with Crippen molar-refractivity contribution in [1.82, 2.24) is 0 Å². The van der Waals surface area contributed by atoms with E-state index in [9.17, 15) is 10.1 Å². The first-order valence-corrected chi connectivity index (χ1v) is 11.3. The Morgan fingerprint density at radius 2 is 1.50 bits per heavy atom. The van der Waals surface area contributed by atoms with Crippen LogP contribution in [0.2, 0.25) is 6.04 Å². The van der Waals surface area contributed by atoms with E-state index in [-0.39, 0.29) is 12.3 Å². The number of nitro benzene ring substituents is 1. The molecule has 0 aromatic heterocycles. The quantitative estimate of drug-likeness (QED) is 0.185.